The van der Waals surface area contributed by atoms with Crippen LogP contribution in [0.4, 0.5) is 0 Å². The Morgan fingerprint density at radius 1 is 1.22 bits per heavy atom. The Kier molecular flexibility index (Phi) is 3.79. The van der Waals surface area contributed by atoms with Crippen molar-refractivity contribution in [2.75, 3.05) is 13.7 Å². The van der Waals surface area contributed by atoms with Crippen molar-refractivity contribution in [2.24, 2.45) is 5.41 Å². The van der Waals surface area contributed by atoms with Crippen LogP contribution in [0.2, 0.25) is 0 Å². The summed E-state index contributed by atoms with van der Waals surface area (Å²) in [7, 11) is 2.01. The zero-order valence-electron chi connectivity index (χ0n) is 12.0. The summed E-state index contributed by atoms with van der Waals surface area (Å²) in [6.07, 6.45) is 3.49. The minimum Gasteiger partial charge on any atom is -0.396 e. The molecule has 0 heterocycles. The Morgan fingerprint density at radius 3 is 2.11 bits per heavy atom. The normalized spacial score (nSPS) is 19.4. The van der Waals surface area contributed by atoms with Gasteiger partial charge in [-0.15, -0.1) is 0 Å². The summed E-state index contributed by atoms with van der Waals surface area (Å²) >= 11 is 0. The quantitative estimate of drug-likeness (QED) is 0.857. The molecule has 1 aromatic carbocycles. The molecule has 0 spiro atoms. The number of hydrogen-bond donors (Lipinski definition) is 2. The van der Waals surface area contributed by atoms with Gasteiger partial charge in [-0.3, -0.25) is 0 Å². The molecule has 18 heavy (non-hydrogen) atoms. The topological polar surface area (TPSA) is 32.3 Å². The Hall–Kier alpha value is -0.860. The lowest BCUT2D eigenvalue weighted by atomic mass is 9.62. The molecule has 0 bridgehead atoms. The molecule has 1 saturated carbocycles. The van der Waals surface area contributed by atoms with Gasteiger partial charge in [0.2, 0.25) is 0 Å². The highest BCUT2D eigenvalue weighted by Crippen LogP contribution is 2.50. The molecule has 1 unspecified atom stereocenters. The molecule has 1 aliphatic rings. The number of hydrogen-bond acceptors (Lipinski definition) is 2. The molecule has 0 amide bonds. The van der Waals surface area contributed by atoms with Crippen LogP contribution in [0.5, 0.6) is 0 Å². The van der Waals surface area contributed by atoms with Crippen molar-refractivity contribution in [3.63, 3.8) is 0 Å². The predicted molar refractivity (Wildman–Crippen MR) is 75.8 cm³/mol. The fraction of sp³-hybridized carbons (Fsp3) is 0.625. The van der Waals surface area contributed by atoms with Gasteiger partial charge in [-0.25, -0.2) is 0 Å². The van der Waals surface area contributed by atoms with Crippen LogP contribution >= 0.6 is 0 Å². The van der Waals surface area contributed by atoms with E-state index in [0.29, 0.717) is 0 Å². The fourth-order valence-corrected chi connectivity index (χ4v) is 3.57. The first-order valence-corrected chi connectivity index (χ1v) is 6.90. The summed E-state index contributed by atoms with van der Waals surface area (Å²) in [5.74, 6) is 0. The number of nitrogens with one attached hydrogen (secondary N) is 1. The minimum absolute atomic E-state index is 0.0551. The number of aryl methyl sites for hydroxylation is 3. The molecule has 1 aliphatic carbocycles. The van der Waals surface area contributed by atoms with Crippen LogP contribution in [0.25, 0.3) is 0 Å². The third-order valence-corrected chi connectivity index (χ3v) is 4.59. The summed E-state index contributed by atoms with van der Waals surface area (Å²) in [6, 6.07) is 4.77. The Morgan fingerprint density at radius 2 is 1.78 bits per heavy atom. The summed E-state index contributed by atoms with van der Waals surface area (Å²) in [5, 5.41) is 13.2. The lowest BCUT2D eigenvalue weighted by Crippen LogP contribution is -2.45. The maximum atomic E-state index is 9.80. The van der Waals surface area contributed by atoms with E-state index in [1.165, 1.54) is 28.7 Å². The van der Waals surface area contributed by atoms with E-state index >= 15 is 0 Å². The zero-order valence-corrected chi connectivity index (χ0v) is 12.0. The molecule has 2 nitrogen and oxygen atoms in total. The highest BCUT2D eigenvalue weighted by molar-refractivity contribution is 5.41. The van der Waals surface area contributed by atoms with Crippen LogP contribution in [0.15, 0.2) is 12.1 Å². The van der Waals surface area contributed by atoms with Crippen molar-refractivity contribution in [1.29, 1.82) is 0 Å². The van der Waals surface area contributed by atoms with Gasteiger partial charge in [-0.1, -0.05) is 24.1 Å². The Labute approximate surface area is 110 Å². The van der Waals surface area contributed by atoms with E-state index in [4.69, 9.17) is 0 Å². The minimum atomic E-state index is 0.0551. The maximum Gasteiger partial charge on any atom is 0.0505 e. The smallest absolute Gasteiger partial charge is 0.0505 e. The molecule has 2 heteroatoms. The highest BCUT2D eigenvalue weighted by atomic mass is 16.3. The highest BCUT2D eigenvalue weighted by Gasteiger charge is 2.44. The van der Waals surface area contributed by atoms with Crippen molar-refractivity contribution in [3.05, 3.63) is 34.4 Å². The third kappa shape index (κ3) is 2.08. The van der Waals surface area contributed by atoms with Gasteiger partial charge in [0.25, 0.3) is 0 Å². The van der Waals surface area contributed by atoms with E-state index in [9.17, 15) is 5.11 Å². The second-order valence-electron chi connectivity index (χ2n) is 5.91. The number of aliphatic hydroxyl groups excluding tert-OH is 1. The van der Waals surface area contributed by atoms with Crippen molar-refractivity contribution in [1.82, 2.24) is 5.32 Å². The van der Waals surface area contributed by atoms with Gasteiger partial charge in [-0.2, -0.15) is 0 Å². The van der Waals surface area contributed by atoms with Gasteiger partial charge in [0.05, 0.1) is 6.61 Å². The predicted octanol–water partition coefficient (Wildman–Crippen LogP) is 3.03. The first-order valence-electron chi connectivity index (χ1n) is 6.90. The van der Waals surface area contributed by atoms with Gasteiger partial charge in [0.1, 0.15) is 0 Å². The number of benzene rings is 1. The molecule has 0 aliphatic heterocycles. The Balaban J connectivity index is 2.45. The molecule has 0 radical (unpaired) electrons. The van der Waals surface area contributed by atoms with Crippen molar-refractivity contribution in [2.45, 2.75) is 46.1 Å². The molecule has 100 valence electrons. The monoisotopic (exact) mass is 247 g/mol. The van der Waals surface area contributed by atoms with Crippen molar-refractivity contribution < 1.29 is 5.11 Å². The third-order valence-electron chi connectivity index (χ3n) is 4.59. The van der Waals surface area contributed by atoms with E-state index in [1.54, 1.807) is 0 Å². The first-order chi connectivity index (χ1) is 8.54. The van der Waals surface area contributed by atoms with Gasteiger partial charge < -0.3 is 10.4 Å². The van der Waals surface area contributed by atoms with Crippen LogP contribution in [-0.2, 0) is 0 Å². The summed E-state index contributed by atoms with van der Waals surface area (Å²) < 4.78 is 0. The fourth-order valence-electron chi connectivity index (χ4n) is 3.57. The summed E-state index contributed by atoms with van der Waals surface area (Å²) in [6.45, 7) is 6.79. The van der Waals surface area contributed by atoms with Crippen LogP contribution < -0.4 is 5.32 Å². The molecule has 0 aromatic heterocycles. The summed E-state index contributed by atoms with van der Waals surface area (Å²) in [4.78, 5) is 0. The van der Waals surface area contributed by atoms with E-state index in [2.05, 4.69) is 38.2 Å². The zero-order chi connectivity index (χ0) is 13.3. The van der Waals surface area contributed by atoms with E-state index in [-0.39, 0.29) is 18.1 Å². The first kappa shape index (κ1) is 13.6. The SMILES string of the molecule is CNC(c1c(C)cc(C)cc1C)C1(CO)CCC1. The van der Waals surface area contributed by atoms with Crippen LogP contribution in [0.3, 0.4) is 0 Å². The van der Waals surface area contributed by atoms with Gasteiger partial charge >= 0.3 is 0 Å². The molecule has 1 aromatic rings. The van der Waals surface area contributed by atoms with Crippen LogP contribution in [-0.4, -0.2) is 18.8 Å². The Bertz CT molecular complexity index is 406. The van der Waals surface area contributed by atoms with E-state index < -0.39 is 0 Å². The lowest BCUT2D eigenvalue weighted by Gasteiger charge is -2.47. The molecular weight excluding hydrogens is 222 g/mol. The lowest BCUT2D eigenvalue weighted by molar-refractivity contribution is 0.00744. The summed E-state index contributed by atoms with van der Waals surface area (Å²) in [5.41, 5.74) is 5.43. The number of aliphatic hydroxyl groups is 1. The van der Waals surface area contributed by atoms with E-state index in [1.807, 2.05) is 7.05 Å². The van der Waals surface area contributed by atoms with Gasteiger partial charge in [-0.05, 0) is 57.4 Å². The average Bonchev–Trinajstić information content (AvgIpc) is 2.24. The average molecular weight is 247 g/mol. The molecule has 2 N–H and O–H groups in total. The molecule has 2 rings (SSSR count). The standard InChI is InChI=1S/C16H25NO/c1-11-8-12(2)14(13(3)9-11)15(17-4)16(10-18)6-5-7-16/h8-9,15,17-18H,5-7,10H2,1-4H3. The number of rotatable bonds is 4. The van der Waals surface area contributed by atoms with E-state index in [0.717, 1.165) is 12.8 Å². The van der Waals surface area contributed by atoms with Crippen molar-refractivity contribution >= 4 is 0 Å². The largest absolute Gasteiger partial charge is 0.396 e. The van der Waals surface area contributed by atoms with Crippen LogP contribution in [0, 0.1) is 26.2 Å². The van der Waals surface area contributed by atoms with Gasteiger partial charge in [0.15, 0.2) is 0 Å². The van der Waals surface area contributed by atoms with Crippen LogP contribution in [0.1, 0.15) is 47.6 Å². The maximum absolute atomic E-state index is 9.80. The molecular formula is C16H25NO. The van der Waals surface area contributed by atoms with Crippen molar-refractivity contribution in [3.8, 4) is 0 Å². The molecule has 1 atom stereocenters. The second kappa shape index (κ2) is 5.02. The molecule has 0 saturated heterocycles. The second-order valence-corrected chi connectivity index (χ2v) is 5.91. The van der Waals surface area contributed by atoms with Gasteiger partial charge in [0, 0.05) is 11.5 Å². The molecule has 1 fully saturated rings.